The van der Waals surface area contributed by atoms with Crippen LogP contribution in [0.5, 0.6) is 0 Å². The molecule has 4 N–H and O–H groups in total. The normalized spacial score (nSPS) is 12.5. The zero-order valence-corrected chi connectivity index (χ0v) is 9.55. The lowest BCUT2D eigenvalue weighted by Gasteiger charge is -2.25. The fraction of sp³-hybridized carbons (Fsp3) is 0.833. The first-order chi connectivity index (χ1) is 5.62. The van der Waals surface area contributed by atoms with E-state index in [9.17, 15) is 8.42 Å². The van der Waals surface area contributed by atoms with Gasteiger partial charge in [0.1, 0.15) is 0 Å². The molecule has 0 bridgehead atoms. The number of nitrogens with one attached hydrogen (secondary N) is 2. The lowest BCUT2D eigenvalue weighted by molar-refractivity contribution is 0.449. The quantitative estimate of drug-likeness (QED) is 0.543. The summed E-state index contributed by atoms with van der Waals surface area (Å²) in [6.07, 6.45) is 1.11. The third-order valence-corrected chi connectivity index (χ3v) is 2.23. The Morgan fingerprint density at radius 1 is 1.54 bits per heavy atom. The lowest BCUT2D eigenvalue weighted by Crippen LogP contribution is -2.51. The van der Waals surface area contributed by atoms with Gasteiger partial charge < -0.3 is 11.1 Å². The zero-order valence-electron chi connectivity index (χ0n) is 7.92. The van der Waals surface area contributed by atoms with Gasteiger partial charge in [0.25, 0.3) is 0 Å². The van der Waals surface area contributed by atoms with Crippen LogP contribution in [0.4, 0.5) is 0 Å². The van der Waals surface area contributed by atoms with Crippen molar-refractivity contribution < 1.29 is 8.42 Å². The van der Waals surface area contributed by atoms with Crippen LogP contribution in [0.25, 0.3) is 0 Å². The molecule has 0 aromatic carbocycles. The number of thiocarbonyl (C=S) groups is 1. The van der Waals surface area contributed by atoms with Gasteiger partial charge in [-0.2, -0.15) is 0 Å². The van der Waals surface area contributed by atoms with Crippen molar-refractivity contribution in [2.75, 3.05) is 12.8 Å². The van der Waals surface area contributed by atoms with Gasteiger partial charge in [0, 0.05) is 12.1 Å². The number of hydrogen-bond acceptors (Lipinski definition) is 3. The maximum Gasteiger partial charge on any atom is 0.209 e. The van der Waals surface area contributed by atoms with E-state index in [0.717, 1.165) is 6.26 Å². The van der Waals surface area contributed by atoms with Crippen LogP contribution in [0.1, 0.15) is 13.8 Å². The highest BCUT2D eigenvalue weighted by atomic mass is 32.2. The minimum atomic E-state index is -3.20. The summed E-state index contributed by atoms with van der Waals surface area (Å²) in [5.41, 5.74) is 4.61. The summed E-state index contributed by atoms with van der Waals surface area (Å²) in [4.78, 5) is 0. The Kier molecular flexibility index (Phi) is 4.08. The highest BCUT2D eigenvalue weighted by Gasteiger charge is 2.21. The molecule has 0 aromatic rings. The number of sulfonamides is 1. The molecule has 7 heteroatoms. The average molecular weight is 225 g/mol. The minimum absolute atomic E-state index is 0.156. The van der Waals surface area contributed by atoms with Crippen molar-refractivity contribution in [2.24, 2.45) is 5.73 Å². The van der Waals surface area contributed by atoms with Crippen molar-refractivity contribution in [2.45, 2.75) is 19.4 Å². The Labute approximate surface area is 84.1 Å². The van der Waals surface area contributed by atoms with Crippen molar-refractivity contribution in [1.29, 1.82) is 0 Å². The van der Waals surface area contributed by atoms with Crippen LogP contribution in [0.15, 0.2) is 0 Å². The zero-order chi connectivity index (χ0) is 10.7. The predicted octanol–water partition coefficient (Wildman–Crippen LogP) is -0.853. The molecule has 0 fully saturated rings. The number of hydrogen-bond donors (Lipinski definition) is 3. The molecule has 0 amide bonds. The maximum absolute atomic E-state index is 10.9. The Balaban J connectivity index is 4.17. The second kappa shape index (κ2) is 4.21. The summed E-state index contributed by atoms with van der Waals surface area (Å²) < 4.78 is 24.2. The smallest absolute Gasteiger partial charge is 0.209 e. The van der Waals surface area contributed by atoms with Crippen LogP contribution in [0.3, 0.4) is 0 Å². The molecule has 13 heavy (non-hydrogen) atoms. The summed E-state index contributed by atoms with van der Waals surface area (Å²) in [5, 5.41) is 2.85. The van der Waals surface area contributed by atoms with Crippen LogP contribution in [-0.2, 0) is 10.0 Å². The molecule has 0 aliphatic carbocycles. The summed E-state index contributed by atoms with van der Waals surface area (Å²) in [5.74, 6) is 0. The Bertz CT molecular complexity index is 284. The van der Waals surface area contributed by atoms with Gasteiger partial charge >= 0.3 is 0 Å². The van der Waals surface area contributed by atoms with Crippen LogP contribution in [0.2, 0.25) is 0 Å². The minimum Gasteiger partial charge on any atom is -0.376 e. The third-order valence-electron chi connectivity index (χ3n) is 1.17. The van der Waals surface area contributed by atoms with E-state index in [4.69, 9.17) is 5.73 Å². The van der Waals surface area contributed by atoms with E-state index in [2.05, 4.69) is 22.3 Å². The van der Waals surface area contributed by atoms with E-state index >= 15 is 0 Å². The van der Waals surface area contributed by atoms with Crippen molar-refractivity contribution in [3.05, 3.63) is 0 Å². The van der Waals surface area contributed by atoms with Gasteiger partial charge in [0.15, 0.2) is 5.11 Å². The third kappa shape index (κ3) is 7.94. The summed E-state index contributed by atoms with van der Waals surface area (Å²) in [6, 6.07) is 0. The topological polar surface area (TPSA) is 84.2 Å². The summed E-state index contributed by atoms with van der Waals surface area (Å²) >= 11 is 4.59. The van der Waals surface area contributed by atoms with Gasteiger partial charge in [-0.05, 0) is 26.1 Å². The van der Waals surface area contributed by atoms with Crippen LogP contribution >= 0.6 is 12.2 Å². The van der Waals surface area contributed by atoms with Crippen LogP contribution in [-0.4, -0.2) is 31.9 Å². The first kappa shape index (κ1) is 12.6. The van der Waals surface area contributed by atoms with E-state index in [1.165, 1.54) is 0 Å². The van der Waals surface area contributed by atoms with Gasteiger partial charge in [-0.15, -0.1) is 0 Å². The maximum atomic E-state index is 10.9. The van der Waals surface area contributed by atoms with Gasteiger partial charge in [-0.25, -0.2) is 13.1 Å². The molecule has 0 aliphatic heterocycles. The Morgan fingerprint density at radius 2 is 2.00 bits per heavy atom. The molecule has 0 heterocycles. The predicted molar refractivity (Wildman–Crippen MR) is 56.8 cm³/mol. The molecule has 0 rings (SSSR count). The standard InChI is InChI=1S/C6H15N3O2S2/c1-6(2,4-8-5(7)12)9-13(3,10)11/h9H,4H2,1-3H3,(H3,7,8,12). The van der Waals surface area contributed by atoms with E-state index < -0.39 is 15.6 Å². The van der Waals surface area contributed by atoms with E-state index in [-0.39, 0.29) is 5.11 Å². The molecule has 0 aromatic heterocycles. The van der Waals surface area contributed by atoms with Crippen molar-refractivity contribution >= 4 is 27.4 Å². The van der Waals surface area contributed by atoms with Crippen LogP contribution in [0, 0.1) is 0 Å². The highest BCUT2D eigenvalue weighted by Crippen LogP contribution is 2.01. The first-order valence-corrected chi connectivity index (χ1v) is 5.95. The lowest BCUT2D eigenvalue weighted by atomic mass is 10.1. The van der Waals surface area contributed by atoms with E-state index in [1.54, 1.807) is 13.8 Å². The van der Waals surface area contributed by atoms with Crippen molar-refractivity contribution in [3.63, 3.8) is 0 Å². The summed E-state index contributed by atoms with van der Waals surface area (Å²) in [6.45, 7) is 3.83. The molecule has 78 valence electrons. The fourth-order valence-electron chi connectivity index (χ4n) is 0.846. The van der Waals surface area contributed by atoms with Gasteiger partial charge in [0.2, 0.25) is 10.0 Å². The largest absolute Gasteiger partial charge is 0.376 e. The fourth-order valence-corrected chi connectivity index (χ4v) is 1.99. The molecule has 0 atom stereocenters. The van der Waals surface area contributed by atoms with E-state index in [0.29, 0.717) is 6.54 Å². The van der Waals surface area contributed by atoms with E-state index in [1.807, 2.05) is 0 Å². The first-order valence-electron chi connectivity index (χ1n) is 3.65. The SMILES string of the molecule is CC(C)(CNC(N)=S)NS(C)(=O)=O. The van der Waals surface area contributed by atoms with Crippen molar-refractivity contribution in [1.82, 2.24) is 10.0 Å². The molecule has 0 unspecified atom stereocenters. The Hall–Kier alpha value is -0.400. The molecule has 0 aliphatic rings. The monoisotopic (exact) mass is 225 g/mol. The molecular formula is C6H15N3O2S2. The van der Waals surface area contributed by atoms with Gasteiger partial charge in [-0.1, -0.05) is 0 Å². The molecule has 5 nitrogen and oxygen atoms in total. The molecule has 0 saturated heterocycles. The summed E-state index contributed by atoms with van der Waals surface area (Å²) in [7, 11) is -3.20. The van der Waals surface area contributed by atoms with Crippen LogP contribution < -0.4 is 15.8 Å². The molecule has 0 saturated carbocycles. The second-order valence-corrected chi connectivity index (χ2v) is 5.66. The molecule has 0 radical (unpaired) electrons. The molecule has 0 spiro atoms. The number of rotatable bonds is 4. The second-order valence-electron chi connectivity index (χ2n) is 3.48. The van der Waals surface area contributed by atoms with Crippen molar-refractivity contribution in [3.8, 4) is 0 Å². The van der Waals surface area contributed by atoms with Gasteiger partial charge in [-0.3, -0.25) is 0 Å². The average Bonchev–Trinajstić information content (AvgIpc) is 1.78. The van der Waals surface area contributed by atoms with Gasteiger partial charge in [0.05, 0.1) is 6.26 Å². The number of nitrogens with two attached hydrogens (primary N) is 1. The highest BCUT2D eigenvalue weighted by molar-refractivity contribution is 7.88. The Morgan fingerprint density at radius 3 is 2.31 bits per heavy atom. The molecular weight excluding hydrogens is 210 g/mol.